The molecule has 2 nitrogen and oxygen atoms in total. The molecule has 0 aliphatic heterocycles. The Morgan fingerprint density at radius 1 is 1.41 bits per heavy atom. The summed E-state index contributed by atoms with van der Waals surface area (Å²) in [5.41, 5.74) is 0.749. The van der Waals surface area contributed by atoms with Crippen LogP contribution in [0.4, 0.5) is 13.2 Å². The van der Waals surface area contributed by atoms with Gasteiger partial charge in [-0.15, -0.1) is 0 Å². The minimum absolute atomic E-state index is 0.190. The first kappa shape index (κ1) is 13.6. The normalized spacial score (nSPS) is 11.8. The summed E-state index contributed by atoms with van der Waals surface area (Å²) in [6.07, 6.45) is -1.86. The van der Waals surface area contributed by atoms with Gasteiger partial charge >= 0.3 is 12.1 Å². The molecule has 0 aliphatic carbocycles. The van der Waals surface area contributed by atoms with E-state index in [1.807, 2.05) is 0 Å². The zero-order chi connectivity index (χ0) is 12.9. The number of nitrogens with one attached hydrogen (secondary N) is 1. The fraction of sp³-hybridized carbons (Fsp3) is 0.182. The molecular weight excluding hydrogens is 255 g/mol. The first-order chi connectivity index (χ1) is 7.89. The van der Waals surface area contributed by atoms with E-state index < -0.39 is 12.1 Å². The lowest BCUT2D eigenvalue weighted by Crippen LogP contribution is -2.36. The van der Waals surface area contributed by atoms with Crippen molar-refractivity contribution < 1.29 is 18.0 Å². The standard InChI is InChI=1S/C11H9ClF3NO/c12-9-5-1-3-8(7-9)4-2-6-16-10(17)11(13,14)15/h1-5,7H,6H2,(H,16,17)/b4-2+. The average molecular weight is 264 g/mol. The van der Waals surface area contributed by atoms with E-state index in [1.165, 1.54) is 6.08 Å². The smallest absolute Gasteiger partial charge is 0.345 e. The van der Waals surface area contributed by atoms with Gasteiger partial charge in [0.25, 0.3) is 0 Å². The van der Waals surface area contributed by atoms with Crippen molar-refractivity contribution in [1.82, 2.24) is 5.32 Å². The summed E-state index contributed by atoms with van der Waals surface area (Å²) >= 11 is 5.72. The molecule has 1 amide bonds. The third-order valence-corrected chi connectivity index (χ3v) is 2.03. The van der Waals surface area contributed by atoms with Crippen LogP contribution in [-0.4, -0.2) is 18.6 Å². The van der Waals surface area contributed by atoms with Gasteiger partial charge in [0, 0.05) is 11.6 Å². The van der Waals surface area contributed by atoms with Gasteiger partial charge in [-0.05, 0) is 17.7 Å². The largest absolute Gasteiger partial charge is 0.471 e. The second-order valence-electron chi connectivity index (χ2n) is 3.17. The minimum Gasteiger partial charge on any atom is -0.345 e. The maximum Gasteiger partial charge on any atom is 0.471 e. The molecule has 0 aliphatic rings. The molecule has 1 N–H and O–H groups in total. The van der Waals surface area contributed by atoms with Gasteiger partial charge in [0.05, 0.1) is 0 Å². The number of hydrogen-bond acceptors (Lipinski definition) is 1. The van der Waals surface area contributed by atoms with Crippen molar-refractivity contribution >= 4 is 23.6 Å². The molecule has 1 aromatic rings. The van der Waals surface area contributed by atoms with Crippen molar-refractivity contribution in [3.05, 3.63) is 40.9 Å². The lowest BCUT2D eigenvalue weighted by atomic mass is 10.2. The summed E-state index contributed by atoms with van der Waals surface area (Å²) in [6.45, 7) is -0.190. The highest BCUT2D eigenvalue weighted by atomic mass is 35.5. The van der Waals surface area contributed by atoms with E-state index in [-0.39, 0.29) is 6.54 Å². The van der Waals surface area contributed by atoms with Gasteiger partial charge in [-0.3, -0.25) is 4.79 Å². The van der Waals surface area contributed by atoms with Crippen LogP contribution in [0.25, 0.3) is 6.08 Å². The van der Waals surface area contributed by atoms with Crippen LogP contribution in [0, 0.1) is 0 Å². The zero-order valence-corrected chi connectivity index (χ0v) is 9.35. The first-order valence-electron chi connectivity index (χ1n) is 4.67. The monoisotopic (exact) mass is 263 g/mol. The van der Waals surface area contributed by atoms with E-state index in [0.29, 0.717) is 5.02 Å². The fourth-order valence-electron chi connectivity index (χ4n) is 1.06. The molecule has 0 radical (unpaired) electrons. The maximum absolute atomic E-state index is 11.8. The third kappa shape index (κ3) is 4.91. The van der Waals surface area contributed by atoms with Gasteiger partial charge in [0.2, 0.25) is 0 Å². The Hall–Kier alpha value is -1.49. The van der Waals surface area contributed by atoms with Crippen LogP contribution < -0.4 is 5.32 Å². The van der Waals surface area contributed by atoms with Crippen molar-refractivity contribution in [2.45, 2.75) is 6.18 Å². The van der Waals surface area contributed by atoms with E-state index in [4.69, 9.17) is 11.6 Å². The Labute approximate surface area is 101 Å². The SMILES string of the molecule is O=C(NC/C=C/c1cccc(Cl)c1)C(F)(F)F. The zero-order valence-electron chi connectivity index (χ0n) is 8.59. The van der Waals surface area contributed by atoms with Crippen LogP contribution in [0.3, 0.4) is 0 Å². The average Bonchev–Trinajstić information content (AvgIpc) is 2.23. The van der Waals surface area contributed by atoms with E-state index in [9.17, 15) is 18.0 Å². The maximum atomic E-state index is 11.8. The van der Waals surface area contributed by atoms with Gasteiger partial charge in [-0.1, -0.05) is 35.9 Å². The summed E-state index contributed by atoms with van der Waals surface area (Å²) in [4.78, 5) is 10.4. The Bertz CT molecular complexity index is 429. The molecule has 0 saturated heterocycles. The molecular formula is C11H9ClF3NO. The lowest BCUT2D eigenvalue weighted by Gasteiger charge is -2.04. The van der Waals surface area contributed by atoms with E-state index in [0.717, 1.165) is 5.56 Å². The van der Waals surface area contributed by atoms with E-state index >= 15 is 0 Å². The summed E-state index contributed by atoms with van der Waals surface area (Å²) in [6, 6.07) is 6.80. The molecule has 0 unspecified atom stereocenters. The number of alkyl halides is 3. The molecule has 0 atom stereocenters. The van der Waals surface area contributed by atoms with Crippen LogP contribution in [0.15, 0.2) is 30.3 Å². The predicted octanol–water partition coefficient (Wildman–Crippen LogP) is 3.03. The molecule has 1 aromatic carbocycles. The predicted molar refractivity (Wildman–Crippen MR) is 59.6 cm³/mol. The van der Waals surface area contributed by atoms with Crippen LogP contribution in [-0.2, 0) is 4.79 Å². The summed E-state index contributed by atoms with van der Waals surface area (Å²) in [7, 11) is 0. The molecule has 0 bridgehead atoms. The molecule has 1 rings (SSSR count). The molecule has 0 aromatic heterocycles. The summed E-state index contributed by atoms with van der Waals surface area (Å²) in [5.74, 6) is -1.95. The van der Waals surface area contributed by atoms with Gasteiger partial charge in [-0.25, -0.2) is 0 Å². The van der Waals surface area contributed by atoms with E-state index in [1.54, 1.807) is 35.7 Å². The number of hydrogen-bond donors (Lipinski definition) is 1. The Balaban J connectivity index is 2.44. The van der Waals surface area contributed by atoms with Crippen molar-refractivity contribution in [2.75, 3.05) is 6.54 Å². The minimum atomic E-state index is -4.84. The van der Waals surface area contributed by atoms with Crippen molar-refractivity contribution in [3.8, 4) is 0 Å². The van der Waals surface area contributed by atoms with Gasteiger partial charge in [0.1, 0.15) is 0 Å². The number of amides is 1. The molecule has 92 valence electrons. The van der Waals surface area contributed by atoms with E-state index in [2.05, 4.69) is 0 Å². The number of benzene rings is 1. The second-order valence-corrected chi connectivity index (χ2v) is 3.60. The highest BCUT2D eigenvalue weighted by Crippen LogP contribution is 2.14. The van der Waals surface area contributed by atoms with Crippen molar-refractivity contribution in [2.24, 2.45) is 0 Å². The Kier molecular flexibility index (Phi) is 4.57. The fourth-order valence-corrected chi connectivity index (χ4v) is 1.26. The first-order valence-corrected chi connectivity index (χ1v) is 5.04. The number of carbonyl (C=O) groups is 1. The van der Waals surface area contributed by atoms with Crippen LogP contribution >= 0.6 is 11.6 Å². The van der Waals surface area contributed by atoms with Gasteiger partial charge < -0.3 is 5.32 Å². The number of halogens is 4. The Morgan fingerprint density at radius 3 is 2.71 bits per heavy atom. The number of carbonyl (C=O) groups excluding carboxylic acids is 1. The highest BCUT2D eigenvalue weighted by Gasteiger charge is 2.37. The second kappa shape index (κ2) is 5.72. The van der Waals surface area contributed by atoms with Crippen molar-refractivity contribution in [3.63, 3.8) is 0 Å². The summed E-state index contributed by atoms with van der Waals surface area (Å²) < 4.78 is 35.4. The Morgan fingerprint density at radius 2 is 2.12 bits per heavy atom. The topological polar surface area (TPSA) is 29.1 Å². The van der Waals surface area contributed by atoms with Crippen LogP contribution in [0.5, 0.6) is 0 Å². The molecule has 0 heterocycles. The van der Waals surface area contributed by atoms with Crippen molar-refractivity contribution in [1.29, 1.82) is 0 Å². The molecule has 0 spiro atoms. The highest BCUT2D eigenvalue weighted by molar-refractivity contribution is 6.30. The van der Waals surface area contributed by atoms with Gasteiger partial charge in [-0.2, -0.15) is 13.2 Å². The summed E-state index contributed by atoms with van der Waals surface area (Å²) in [5, 5.41) is 2.26. The molecule has 6 heteroatoms. The quantitative estimate of drug-likeness (QED) is 0.892. The van der Waals surface area contributed by atoms with Gasteiger partial charge in [0.15, 0.2) is 0 Å². The molecule has 0 saturated carbocycles. The number of rotatable bonds is 3. The molecule has 17 heavy (non-hydrogen) atoms. The third-order valence-electron chi connectivity index (χ3n) is 1.80. The van der Waals surface area contributed by atoms with Crippen LogP contribution in [0.1, 0.15) is 5.56 Å². The lowest BCUT2D eigenvalue weighted by molar-refractivity contribution is -0.173. The molecule has 0 fully saturated rings. The van der Waals surface area contributed by atoms with Crippen LogP contribution in [0.2, 0.25) is 5.02 Å².